The quantitative estimate of drug-likeness (QED) is 0.377. The maximum atomic E-state index is 13.7. The van der Waals surface area contributed by atoms with Crippen LogP contribution in [0.2, 0.25) is 6.82 Å². The smallest absolute Gasteiger partial charge is 0.420 e. The molecule has 0 aliphatic carbocycles. The summed E-state index contributed by atoms with van der Waals surface area (Å²) in [4.78, 5) is 21.5. The number of rotatable bonds is 6. The Balaban J connectivity index is 1.59. The molecule has 1 amide bonds. The number of aromatic nitrogens is 2. The topological polar surface area (TPSA) is 92.3 Å². The van der Waals surface area contributed by atoms with Gasteiger partial charge in [-0.3, -0.25) is 4.79 Å². The Morgan fingerprint density at radius 2 is 1.89 bits per heavy atom. The van der Waals surface area contributed by atoms with Crippen molar-refractivity contribution in [1.82, 2.24) is 14.8 Å². The summed E-state index contributed by atoms with van der Waals surface area (Å²) in [7, 11) is -0.539. The lowest BCUT2D eigenvalue weighted by atomic mass is 9.78. The van der Waals surface area contributed by atoms with Crippen LogP contribution in [0.25, 0.3) is 0 Å². The summed E-state index contributed by atoms with van der Waals surface area (Å²) in [6.45, 7) is 2.60. The second kappa shape index (κ2) is 11.8. The van der Waals surface area contributed by atoms with Crippen molar-refractivity contribution in [3.63, 3.8) is 0 Å². The molecule has 10 heteroatoms. The fourth-order valence-corrected chi connectivity index (χ4v) is 4.72. The molecule has 1 fully saturated rings. The molecular weight excluding hydrogens is 492 g/mol. The minimum Gasteiger partial charge on any atom is -0.437 e. The van der Waals surface area contributed by atoms with E-state index in [1.54, 1.807) is 31.1 Å². The second-order valence-corrected chi connectivity index (χ2v) is 9.40. The first kappa shape index (κ1) is 27.4. The van der Waals surface area contributed by atoms with Gasteiger partial charge in [-0.1, -0.05) is 54.8 Å². The first-order valence-corrected chi connectivity index (χ1v) is 12.5. The van der Waals surface area contributed by atoms with Crippen LogP contribution in [0.1, 0.15) is 64.6 Å². The molecule has 1 aliphatic heterocycles. The van der Waals surface area contributed by atoms with Crippen molar-refractivity contribution in [2.45, 2.75) is 51.1 Å². The van der Waals surface area contributed by atoms with E-state index in [9.17, 15) is 23.0 Å². The van der Waals surface area contributed by atoms with Crippen LogP contribution in [-0.4, -0.2) is 39.3 Å². The average Bonchev–Trinajstić information content (AvgIpc) is 2.88. The van der Waals surface area contributed by atoms with Crippen LogP contribution in [0.3, 0.4) is 0 Å². The van der Waals surface area contributed by atoms with Gasteiger partial charge in [-0.15, -0.1) is 0 Å². The fourth-order valence-electron chi connectivity index (χ4n) is 4.72. The Morgan fingerprint density at radius 3 is 2.58 bits per heavy atom. The highest BCUT2D eigenvalue weighted by Gasteiger charge is 2.35. The Kier molecular flexibility index (Phi) is 8.50. The molecule has 38 heavy (non-hydrogen) atoms. The van der Waals surface area contributed by atoms with E-state index >= 15 is 0 Å². The van der Waals surface area contributed by atoms with Gasteiger partial charge in [0.15, 0.2) is 0 Å². The monoisotopic (exact) mass is 520 g/mol. The second-order valence-electron chi connectivity index (χ2n) is 9.40. The van der Waals surface area contributed by atoms with Crippen LogP contribution in [0.5, 0.6) is 0 Å². The van der Waals surface area contributed by atoms with Gasteiger partial charge in [-0.2, -0.15) is 13.2 Å². The Morgan fingerprint density at radius 1 is 1.16 bits per heavy atom. The van der Waals surface area contributed by atoms with Gasteiger partial charge in [0, 0.05) is 24.2 Å². The van der Waals surface area contributed by atoms with Gasteiger partial charge in [0.25, 0.3) is 0 Å². The van der Waals surface area contributed by atoms with Crippen molar-refractivity contribution in [3.8, 4) is 11.8 Å². The van der Waals surface area contributed by atoms with Crippen molar-refractivity contribution in [1.29, 1.82) is 0 Å². The molecule has 0 bridgehead atoms. The van der Waals surface area contributed by atoms with Gasteiger partial charge in [0.1, 0.15) is 17.1 Å². The Bertz CT molecular complexity index is 1350. The molecule has 2 aromatic carbocycles. The fraction of sp³-hybridized carbons (Fsp3) is 0.321. The van der Waals surface area contributed by atoms with E-state index in [0.29, 0.717) is 11.1 Å². The Labute approximate surface area is 220 Å². The summed E-state index contributed by atoms with van der Waals surface area (Å²) in [5, 5.41) is 10.1. The van der Waals surface area contributed by atoms with Crippen LogP contribution in [0.4, 0.5) is 13.2 Å². The largest absolute Gasteiger partial charge is 0.437 e. The third kappa shape index (κ3) is 6.79. The summed E-state index contributed by atoms with van der Waals surface area (Å²) in [6.07, 6.45) is -0.658. The van der Waals surface area contributed by atoms with Crippen molar-refractivity contribution in [3.05, 3.63) is 94.1 Å². The van der Waals surface area contributed by atoms with Crippen molar-refractivity contribution in [2.75, 3.05) is 6.54 Å². The van der Waals surface area contributed by atoms with E-state index in [-0.39, 0.29) is 24.7 Å². The molecule has 1 aromatic heterocycles. The van der Waals surface area contributed by atoms with E-state index in [2.05, 4.69) is 26.6 Å². The zero-order chi connectivity index (χ0) is 27.3. The number of amides is 1. The molecule has 3 aromatic rings. The molecule has 1 unspecified atom stereocenters. The lowest BCUT2D eigenvalue weighted by Gasteiger charge is -2.37. The van der Waals surface area contributed by atoms with Gasteiger partial charge in [-0.05, 0) is 54.9 Å². The number of primary amides is 1. The number of nitrogens with two attached hydrogens (primary N) is 1. The lowest BCUT2D eigenvalue weighted by Crippen LogP contribution is -2.43. The van der Waals surface area contributed by atoms with Crippen LogP contribution < -0.4 is 5.73 Å². The number of nitrogens with zero attached hydrogens (tertiary/aromatic N) is 3. The molecule has 6 nitrogen and oxygen atoms in total. The van der Waals surface area contributed by atoms with Crippen molar-refractivity contribution in [2.24, 2.45) is 5.73 Å². The minimum absolute atomic E-state index is 0.0716. The molecule has 0 spiro atoms. The van der Waals surface area contributed by atoms with Gasteiger partial charge < -0.3 is 15.6 Å². The molecule has 4 rings (SSSR count). The van der Waals surface area contributed by atoms with E-state index in [1.165, 1.54) is 0 Å². The summed E-state index contributed by atoms with van der Waals surface area (Å²) >= 11 is 0. The maximum Gasteiger partial charge on any atom is 0.420 e. The predicted octanol–water partition coefficient (Wildman–Crippen LogP) is 4.15. The number of benzene rings is 2. The number of piperidine rings is 1. The van der Waals surface area contributed by atoms with Crippen molar-refractivity contribution >= 4 is 13.0 Å². The Hall–Kier alpha value is -3.68. The summed E-state index contributed by atoms with van der Waals surface area (Å²) < 4.78 is 41.0. The number of hydrogen-bond donors (Lipinski definition) is 2. The van der Waals surface area contributed by atoms with E-state index in [1.807, 2.05) is 24.3 Å². The van der Waals surface area contributed by atoms with E-state index in [4.69, 9.17) is 5.73 Å². The average molecular weight is 520 g/mol. The normalized spacial score (nSPS) is 16.0. The number of carbonyl (C=O) groups is 1. The SMILES string of the molecule is CB(O)N1CCCCC1c1ccc(Cc2ncc(C(F)(F)F)c(C#Cc3ccccc3CC(N)=O)n2)cc1. The van der Waals surface area contributed by atoms with Gasteiger partial charge in [0.2, 0.25) is 5.91 Å². The first-order valence-electron chi connectivity index (χ1n) is 12.5. The molecule has 196 valence electrons. The van der Waals surface area contributed by atoms with E-state index < -0.39 is 30.4 Å². The highest BCUT2D eigenvalue weighted by Crippen LogP contribution is 2.32. The number of halogens is 3. The van der Waals surface area contributed by atoms with Gasteiger partial charge in [-0.25, -0.2) is 9.97 Å². The van der Waals surface area contributed by atoms with Crippen LogP contribution in [0.15, 0.2) is 54.7 Å². The van der Waals surface area contributed by atoms with Gasteiger partial charge >= 0.3 is 13.2 Å². The lowest BCUT2D eigenvalue weighted by molar-refractivity contribution is -0.138. The summed E-state index contributed by atoms with van der Waals surface area (Å²) in [6, 6.07) is 14.6. The number of carbonyl (C=O) groups excluding carboxylic acids is 1. The van der Waals surface area contributed by atoms with Crippen LogP contribution >= 0.6 is 0 Å². The summed E-state index contributed by atoms with van der Waals surface area (Å²) in [5.41, 5.74) is 6.70. The molecule has 0 radical (unpaired) electrons. The molecule has 2 heterocycles. The molecule has 1 atom stereocenters. The third-order valence-electron chi connectivity index (χ3n) is 6.59. The van der Waals surface area contributed by atoms with Crippen molar-refractivity contribution < 1.29 is 23.0 Å². The zero-order valence-corrected chi connectivity index (χ0v) is 21.0. The highest BCUT2D eigenvalue weighted by atomic mass is 19.4. The first-order chi connectivity index (χ1) is 18.1. The predicted molar refractivity (Wildman–Crippen MR) is 139 cm³/mol. The summed E-state index contributed by atoms with van der Waals surface area (Å²) in [5.74, 6) is 4.91. The minimum atomic E-state index is -4.67. The highest BCUT2D eigenvalue weighted by molar-refractivity contribution is 6.45. The standard InChI is InChI=1S/C28H28BF3N4O2/c1-29(38)36-15-5-4-8-25(36)21-11-9-19(10-12-21)16-27-34-18-23(28(30,31)32)24(35-27)14-13-20-6-2-3-7-22(20)17-26(33)37/h2-3,6-7,9-12,18,25,38H,4-5,8,15-17H2,1H3,(H2,33,37). The number of alkyl halides is 3. The molecular formula is C28H28BF3N4O2. The maximum absolute atomic E-state index is 13.7. The van der Waals surface area contributed by atoms with Gasteiger partial charge in [0.05, 0.1) is 6.42 Å². The molecule has 1 saturated heterocycles. The molecule has 1 aliphatic rings. The van der Waals surface area contributed by atoms with E-state index in [0.717, 1.165) is 43.1 Å². The van der Waals surface area contributed by atoms with Crippen LogP contribution in [0, 0.1) is 11.8 Å². The third-order valence-corrected chi connectivity index (χ3v) is 6.59. The van der Waals surface area contributed by atoms with Crippen LogP contribution in [-0.2, 0) is 23.8 Å². The number of hydrogen-bond acceptors (Lipinski definition) is 5. The molecule has 3 N–H and O–H groups in total. The zero-order valence-electron chi connectivity index (χ0n) is 21.0. The molecule has 0 saturated carbocycles.